The van der Waals surface area contributed by atoms with Gasteiger partial charge in [0.15, 0.2) is 12.1 Å². The zero-order chi connectivity index (χ0) is 14.2. The molecule has 4 nitrogen and oxygen atoms in total. The van der Waals surface area contributed by atoms with Crippen molar-refractivity contribution in [3.05, 3.63) is 28.5 Å². The molecule has 1 N–H and O–H groups in total. The predicted molar refractivity (Wildman–Crippen MR) is 72.2 cm³/mol. The van der Waals surface area contributed by atoms with Crippen molar-refractivity contribution in [3.63, 3.8) is 0 Å². The van der Waals surface area contributed by atoms with Crippen molar-refractivity contribution in [2.45, 2.75) is 45.5 Å². The molecule has 1 aromatic rings. The van der Waals surface area contributed by atoms with E-state index in [1.54, 1.807) is 6.07 Å². The minimum atomic E-state index is -0.938. The van der Waals surface area contributed by atoms with Crippen LogP contribution in [0.3, 0.4) is 0 Å². The summed E-state index contributed by atoms with van der Waals surface area (Å²) in [4.78, 5) is 16.1. The molecule has 0 fully saturated rings. The Kier molecular flexibility index (Phi) is 3.95. The quantitative estimate of drug-likeness (QED) is 0.684. The van der Waals surface area contributed by atoms with Gasteiger partial charge in [0, 0.05) is 24.1 Å². The molecule has 0 aromatic carbocycles. The average molecular weight is 284 g/mol. The van der Waals surface area contributed by atoms with Crippen molar-refractivity contribution in [1.82, 2.24) is 4.98 Å². The number of ether oxygens (including phenoxy) is 1. The summed E-state index contributed by atoms with van der Waals surface area (Å²) in [6.07, 6.45) is 1.45. The van der Waals surface area contributed by atoms with E-state index in [1.165, 1.54) is 6.20 Å². The second kappa shape index (κ2) is 5.19. The van der Waals surface area contributed by atoms with E-state index < -0.39 is 11.9 Å². The van der Waals surface area contributed by atoms with Gasteiger partial charge in [-0.15, -0.1) is 0 Å². The van der Waals surface area contributed by atoms with Crippen LogP contribution in [-0.2, 0) is 11.2 Å². The Balaban J connectivity index is 2.04. The van der Waals surface area contributed by atoms with Crippen LogP contribution in [0.5, 0.6) is 0 Å². The first kappa shape index (κ1) is 14.4. The molecule has 0 bridgehead atoms. The molecule has 2 rings (SSSR count). The lowest BCUT2D eigenvalue weighted by Crippen LogP contribution is -2.30. The largest absolute Gasteiger partial charge is 0.368 e. The Labute approximate surface area is 117 Å². The molecule has 0 saturated heterocycles. The molecule has 2 unspecified atom stereocenters. The van der Waals surface area contributed by atoms with Gasteiger partial charge in [-0.25, -0.2) is 4.98 Å². The highest BCUT2D eigenvalue weighted by molar-refractivity contribution is 6.29. The summed E-state index contributed by atoms with van der Waals surface area (Å²) in [6, 6.07) is 1.71. The lowest BCUT2D eigenvalue weighted by atomic mass is 10.0. The molecule has 104 valence electrons. The fourth-order valence-corrected chi connectivity index (χ4v) is 2.51. The maximum Gasteiger partial charge on any atom is 0.168 e. The molecular weight excluding hydrogens is 266 g/mol. The Hall–Kier alpha value is -0.970. The van der Waals surface area contributed by atoms with Gasteiger partial charge < -0.3 is 9.84 Å². The molecule has 1 aromatic heterocycles. The number of nitrogens with zero attached hydrogens (tertiary/aromatic N) is 1. The van der Waals surface area contributed by atoms with E-state index in [0.717, 1.165) is 5.56 Å². The van der Waals surface area contributed by atoms with Crippen LogP contribution in [0.4, 0.5) is 0 Å². The number of carbonyl (C=O) groups is 1. The number of fused-ring (bicyclic) bond motifs is 1. The molecule has 1 aliphatic carbocycles. The summed E-state index contributed by atoms with van der Waals surface area (Å²) in [5, 5.41) is 10.3. The molecule has 1 aliphatic rings. The third-order valence-corrected chi connectivity index (χ3v) is 3.24. The summed E-state index contributed by atoms with van der Waals surface area (Å²) >= 11 is 5.82. The normalized spacial score (nSPS) is 20.5. The first-order chi connectivity index (χ1) is 8.76. The second-order valence-corrected chi connectivity index (χ2v) is 6.24. The Morgan fingerprint density at radius 1 is 1.58 bits per heavy atom. The molecule has 19 heavy (non-hydrogen) atoms. The number of ketones is 1. The van der Waals surface area contributed by atoms with Crippen LogP contribution in [-0.4, -0.2) is 27.8 Å². The Morgan fingerprint density at radius 3 is 2.89 bits per heavy atom. The molecule has 0 amide bonds. The van der Waals surface area contributed by atoms with Crippen LogP contribution in [0.25, 0.3) is 0 Å². The molecular formula is C14H18ClNO3. The summed E-state index contributed by atoms with van der Waals surface area (Å²) in [5.74, 6) is -0.247. The lowest BCUT2D eigenvalue weighted by molar-refractivity contribution is -0.171. The number of Topliss-reactive ketones (excluding diaryl/α,β-unsaturated/α-hetero) is 1. The minimum absolute atomic E-state index is 0.00993. The maximum absolute atomic E-state index is 12.2. The molecule has 2 atom stereocenters. The summed E-state index contributed by atoms with van der Waals surface area (Å²) < 4.78 is 5.43. The van der Waals surface area contributed by atoms with E-state index in [9.17, 15) is 9.90 Å². The van der Waals surface area contributed by atoms with E-state index in [2.05, 4.69) is 4.98 Å². The van der Waals surface area contributed by atoms with Gasteiger partial charge >= 0.3 is 0 Å². The van der Waals surface area contributed by atoms with Gasteiger partial charge in [-0.05, 0) is 38.8 Å². The zero-order valence-electron chi connectivity index (χ0n) is 11.3. The zero-order valence-corrected chi connectivity index (χ0v) is 12.1. The number of carbonyl (C=O) groups excluding carboxylic acids is 1. The maximum atomic E-state index is 12.2. The van der Waals surface area contributed by atoms with Crippen LogP contribution < -0.4 is 0 Å². The predicted octanol–water partition coefficient (Wildman–Crippen LogP) is 2.61. The van der Waals surface area contributed by atoms with Crippen LogP contribution in [0.15, 0.2) is 12.3 Å². The van der Waals surface area contributed by atoms with Crippen molar-refractivity contribution in [2.75, 3.05) is 0 Å². The van der Waals surface area contributed by atoms with Gasteiger partial charge in [-0.2, -0.15) is 0 Å². The molecule has 1 heterocycles. The smallest absolute Gasteiger partial charge is 0.168 e. The number of hydrogen-bond acceptors (Lipinski definition) is 4. The summed E-state index contributed by atoms with van der Waals surface area (Å²) in [6.45, 7) is 5.60. The van der Waals surface area contributed by atoms with Crippen molar-refractivity contribution in [2.24, 2.45) is 5.92 Å². The number of halogens is 1. The van der Waals surface area contributed by atoms with Gasteiger partial charge in [0.1, 0.15) is 5.15 Å². The Bertz CT molecular complexity index is 496. The Morgan fingerprint density at radius 2 is 2.26 bits per heavy atom. The van der Waals surface area contributed by atoms with Gasteiger partial charge in [0.25, 0.3) is 0 Å². The fraction of sp³-hybridized carbons (Fsp3) is 0.571. The van der Waals surface area contributed by atoms with Crippen LogP contribution >= 0.6 is 11.6 Å². The molecule has 5 heteroatoms. The minimum Gasteiger partial charge on any atom is -0.368 e. The van der Waals surface area contributed by atoms with Crippen LogP contribution in [0.1, 0.15) is 43.1 Å². The van der Waals surface area contributed by atoms with Crippen LogP contribution in [0.2, 0.25) is 5.15 Å². The monoisotopic (exact) mass is 283 g/mol. The first-order valence-corrected chi connectivity index (χ1v) is 6.68. The van der Waals surface area contributed by atoms with E-state index in [-0.39, 0.29) is 11.7 Å². The molecule has 0 spiro atoms. The number of aliphatic hydroxyl groups is 1. The highest BCUT2D eigenvalue weighted by Gasteiger charge is 2.33. The van der Waals surface area contributed by atoms with Gasteiger partial charge in [-0.1, -0.05) is 11.6 Å². The highest BCUT2D eigenvalue weighted by atomic mass is 35.5. The number of aliphatic hydroxyl groups excluding tert-OH is 1. The first-order valence-electron chi connectivity index (χ1n) is 6.31. The fourth-order valence-electron chi connectivity index (χ4n) is 2.33. The van der Waals surface area contributed by atoms with Gasteiger partial charge in [-0.3, -0.25) is 4.79 Å². The second-order valence-electron chi connectivity index (χ2n) is 5.85. The number of rotatable bonds is 3. The standard InChI is InChI=1S/C14H18ClNO3/c1-14(2,3)19-12(17)6-9-4-8-5-11(15)16-7-10(8)13(9)18/h5,7,9,12,17H,4,6H2,1-3H3. The number of aromatic nitrogens is 1. The third kappa shape index (κ3) is 3.53. The SMILES string of the molecule is CC(C)(C)OC(O)CC1Cc2cc(Cl)ncc2C1=O. The summed E-state index contributed by atoms with van der Waals surface area (Å²) in [5.41, 5.74) is 1.08. The van der Waals surface area contributed by atoms with E-state index in [0.29, 0.717) is 23.6 Å². The van der Waals surface area contributed by atoms with E-state index in [1.807, 2.05) is 20.8 Å². The molecule has 0 saturated carbocycles. The van der Waals surface area contributed by atoms with Crippen molar-refractivity contribution in [3.8, 4) is 0 Å². The van der Waals surface area contributed by atoms with Crippen molar-refractivity contribution in [1.29, 1.82) is 0 Å². The van der Waals surface area contributed by atoms with Crippen molar-refractivity contribution < 1.29 is 14.6 Å². The van der Waals surface area contributed by atoms with Crippen LogP contribution in [0, 0.1) is 5.92 Å². The highest BCUT2D eigenvalue weighted by Crippen LogP contribution is 2.31. The number of pyridine rings is 1. The third-order valence-electron chi connectivity index (χ3n) is 3.03. The average Bonchev–Trinajstić information content (AvgIpc) is 2.52. The van der Waals surface area contributed by atoms with E-state index in [4.69, 9.17) is 16.3 Å². The number of hydrogen-bond donors (Lipinski definition) is 1. The molecule has 0 radical (unpaired) electrons. The van der Waals surface area contributed by atoms with Crippen molar-refractivity contribution >= 4 is 17.4 Å². The topological polar surface area (TPSA) is 59.4 Å². The van der Waals surface area contributed by atoms with E-state index >= 15 is 0 Å². The van der Waals surface area contributed by atoms with Gasteiger partial charge in [0.2, 0.25) is 0 Å². The molecule has 0 aliphatic heterocycles. The summed E-state index contributed by atoms with van der Waals surface area (Å²) in [7, 11) is 0. The lowest BCUT2D eigenvalue weighted by Gasteiger charge is -2.25. The van der Waals surface area contributed by atoms with Gasteiger partial charge in [0.05, 0.1) is 5.60 Å².